The van der Waals surface area contributed by atoms with E-state index in [9.17, 15) is 18.3 Å². The van der Waals surface area contributed by atoms with Crippen LogP contribution in [0.15, 0.2) is 114 Å². The van der Waals surface area contributed by atoms with Crippen molar-refractivity contribution in [1.29, 1.82) is 0 Å². The van der Waals surface area contributed by atoms with Gasteiger partial charge in [0, 0.05) is 35.5 Å². The van der Waals surface area contributed by atoms with E-state index in [0.717, 1.165) is 27.8 Å². The molecule has 6 rings (SSSR count). The van der Waals surface area contributed by atoms with E-state index in [-0.39, 0.29) is 35.1 Å². The number of carboxylic acids is 1. The molecule has 0 aliphatic carbocycles. The fraction of sp³-hybridized carbons (Fsp3) is 0.289. The second-order valence-corrected chi connectivity index (χ2v) is 14.7. The largest absolute Gasteiger partial charge is 0.482 e. The number of rotatable bonds is 10. The van der Waals surface area contributed by atoms with Gasteiger partial charge in [0.2, 0.25) is 10.0 Å². The average Bonchev–Trinajstić information content (AvgIpc) is 3.07. The molecule has 4 aromatic rings. The average molecular weight is 672 g/mol. The quantitative estimate of drug-likeness (QED) is 0.175. The summed E-state index contributed by atoms with van der Waals surface area (Å²) in [5, 5.41) is 10.1. The Kier molecular flexibility index (Phi) is 9.85. The van der Waals surface area contributed by atoms with Gasteiger partial charge in [0.25, 0.3) is 0 Å². The zero-order valence-corrected chi connectivity index (χ0v) is 27.8. The summed E-state index contributed by atoms with van der Waals surface area (Å²) in [6, 6.07) is 30.4. The van der Waals surface area contributed by atoms with Crippen LogP contribution in [-0.4, -0.2) is 43.1 Å². The molecule has 0 bridgehead atoms. The second-order valence-electron chi connectivity index (χ2n) is 12.4. The molecule has 1 N–H and O–H groups in total. The van der Waals surface area contributed by atoms with Crippen LogP contribution in [0, 0.1) is 5.92 Å². The first-order valence-corrected chi connectivity index (χ1v) is 17.6. The predicted octanol–water partition coefficient (Wildman–Crippen LogP) is 7.60. The molecule has 244 valence electrons. The van der Waals surface area contributed by atoms with Crippen LogP contribution in [0.5, 0.6) is 5.75 Å². The standard InChI is InChI=1S/C38H38ClNO6S/c1-25(2)32-22-33(28-12-14-30(39)15-13-28)36(20-26-8-4-3-5-9-26)46-38(32)34-21-31(16-17-35(34)45-24-37(41)42)47(43,44)40-19-18-27-10-6-7-11-29(27)23-40/h3-17,21,32-33,36,38H,1,18-20,22-24H2,2H3,(H,41,42)/t32-,33-,36+,38+/m0/s1. The van der Waals surface area contributed by atoms with Gasteiger partial charge in [-0.3, -0.25) is 0 Å². The third kappa shape index (κ3) is 7.31. The van der Waals surface area contributed by atoms with Crippen molar-refractivity contribution < 1.29 is 27.8 Å². The van der Waals surface area contributed by atoms with Gasteiger partial charge >= 0.3 is 5.97 Å². The van der Waals surface area contributed by atoms with Crippen LogP contribution in [-0.2, 0) is 38.9 Å². The van der Waals surface area contributed by atoms with E-state index < -0.39 is 28.7 Å². The molecular formula is C38H38ClNO6S. The Morgan fingerprint density at radius 3 is 2.40 bits per heavy atom. The predicted molar refractivity (Wildman–Crippen MR) is 182 cm³/mol. The zero-order valence-electron chi connectivity index (χ0n) is 26.2. The van der Waals surface area contributed by atoms with Gasteiger partial charge in [-0.05, 0) is 78.8 Å². The molecule has 0 amide bonds. The number of ether oxygens (including phenoxy) is 2. The van der Waals surface area contributed by atoms with Crippen LogP contribution in [0.2, 0.25) is 5.02 Å². The monoisotopic (exact) mass is 671 g/mol. The summed E-state index contributed by atoms with van der Waals surface area (Å²) < 4.78 is 42.5. The third-order valence-corrected chi connectivity index (χ3v) is 11.3. The number of sulfonamides is 1. The van der Waals surface area contributed by atoms with Crippen molar-refractivity contribution in [2.24, 2.45) is 5.92 Å². The van der Waals surface area contributed by atoms with Gasteiger partial charge in [-0.1, -0.05) is 90.5 Å². The molecule has 2 aliphatic rings. The van der Waals surface area contributed by atoms with Crippen LogP contribution >= 0.6 is 11.6 Å². The zero-order chi connectivity index (χ0) is 33.1. The van der Waals surface area contributed by atoms with E-state index in [0.29, 0.717) is 36.4 Å². The number of carboxylic acid groups (broad SMARTS) is 1. The van der Waals surface area contributed by atoms with E-state index in [1.165, 1.54) is 10.4 Å². The Balaban J connectivity index is 1.41. The molecule has 2 heterocycles. The lowest BCUT2D eigenvalue weighted by Crippen LogP contribution is -2.38. The van der Waals surface area contributed by atoms with Crippen molar-refractivity contribution in [3.8, 4) is 5.75 Å². The van der Waals surface area contributed by atoms with Gasteiger partial charge in [0.05, 0.1) is 17.1 Å². The van der Waals surface area contributed by atoms with Crippen LogP contribution < -0.4 is 4.74 Å². The smallest absolute Gasteiger partial charge is 0.341 e. The minimum atomic E-state index is -3.90. The molecule has 1 fully saturated rings. The molecule has 2 aliphatic heterocycles. The highest BCUT2D eigenvalue weighted by atomic mass is 35.5. The number of carbonyl (C=O) groups is 1. The van der Waals surface area contributed by atoms with Gasteiger partial charge in [-0.25, -0.2) is 13.2 Å². The second kappa shape index (κ2) is 14.0. The molecule has 47 heavy (non-hydrogen) atoms. The molecule has 0 unspecified atom stereocenters. The molecule has 4 aromatic carbocycles. The summed E-state index contributed by atoms with van der Waals surface area (Å²) >= 11 is 6.25. The van der Waals surface area contributed by atoms with Crippen LogP contribution in [0.3, 0.4) is 0 Å². The van der Waals surface area contributed by atoms with Gasteiger partial charge in [-0.15, -0.1) is 0 Å². The van der Waals surface area contributed by atoms with Crippen molar-refractivity contribution in [3.63, 3.8) is 0 Å². The van der Waals surface area contributed by atoms with Crippen molar-refractivity contribution >= 4 is 27.6 Å². The van der Waals surface area contributed by atoms with E-state index in [4.69, 9.17) is 21.1 Å². The Bertz CT molecular complexity index is 1860. The Labute approximate surface area is 281 Å². The number of aliphatic carboxylic acids is 1. The lowest BCUT2D eigenvalue weighted by molar-refractivity contribution is -0.139. The topological polar surface area (TPSA) is 93.1 Å². The highest BCUT2D eigenvalue weighted by Crippen LogP contribution is 2.49. The van der Waals surface area contributed by atoms with Crippen LogP contribution in [0.25, 0.3) is 0 Å². The van der Waals surface area contributed by atoms with Crippen molar-refractivity contribution in [2.45, 2.75) is 55.8 Å². The summed E-state index contributed by atoms with van der Waals surface area (Å²) in [6.45, 7) is 6.32. The van der Waals surface area contributed by atoms with E-state index in [1.54, 1.807) is 12.1 Å². The number of nitrogens with zero attached hydrogens (tertiary/aromatic N) is 1. The highest BCUT2D eigenvalue weighted by Gasteiger charge is 2.41. The molecule has 0 spiro atoms. The maximum absolute atomic E-state index is 14.1. The SMILES string of the molecule is C=C(C)[C@@H]1C[C@@H](c2ccc(Cl)cc2)[C@@H](Cc2ccccc2)O[C@H]1c1cc(S(=O)(=O)N2CCc3ccccc3C2)ccc1OCC(=O)O. The summed E-state index contributed by atoms with van der Waals surface area (Å²) in [7, 11) is -3.90. The van der Waals surface area contributed by atoms with E-state index in [1.807, 2.05) is 73.7 Å². The minimum absolute atomic E-state index is 0.00542. The van der Waals surface area contributed by atoms with E-state index in [2.05, 4.69) is 18.7 Å². The summed E-state index contributed by atoms with van der Waals surface area (Å²) in [6.07, 6.45) is 0.997. The molecule has 4 atom stereocenters. The Morgan fingerprint density at radius 2 is 1.70 bits per heavy atom. The Hall–Kier alpha value is -3.95. The number of hydrogen-bond donors (Lipinski definition) is 1. The van der Waals surface area contributed by atoms with Crippen molar-refractivity contribution in [2.75, 3.05) is 13.2 Å². The molecule has 7 nitrogen and oxygen atoms in total. The number of benzene rings is 4. The first-order valence-electron chi connectivity index (χ1n) is 15.8. The number of halogens is 1. The van der Waals surface area contributed by atoms with Crippen LogP contribution in [0.4, 0.5) is 0 Å². The molecule has 0 saturated carbocycles. The summed E-state index contributed by atoms with van der Waals surface area (Å²) in [5.41, 5.74) is 5.69. The lowest BCUT2D eigenvalue weighted by atomic mass is 9.74. The maximum atomic E-state index is 14.1. The number of hydrogen-bond acceptors (Lipinski definition) is 5. The molecule has 0 radical (unpaired) electrons. The first-order chi connectivity index (χ1) is 22.6. The number of fused-ring (bicyclic) bond motifs is 1. The highest BCUT2D eigenvalue weighted by molar-refractivity contribution is 7.89. The third-order valence-electron chi connectivity index (χ3n) is 9.23. The molecule has 9 heteroatoms. The van der Waals surface area contributed by atoms with Gasteiger partial charge in [0.1, 0.15) is 5.75 Å². The maximum Gasteiger partial charge on any atom is 0.341 e. The Morgan fingerprint density at radius 1 is 1.00 bits per heavy atom. The summed E-state index contributed by atoms with van der Waals surface area (Å²) in [5.74, 6) is -1.08. The normalized spacial score (nSPS) is 21.5. The van der Waals surface area contributed by atoms with Crippen LogP contribution in [0.1, 0.15) is 53.2 Å². The van der Waals surface area contributed by atoms with Crippen molar-refractivity contribution in [1.82, 2.24) is 4.31 Å². The molecular weight excluding hydrogens is 634 g/mol. The van der Waals surface area contributed by atoms with E-state index >= 15 is 0 Å². The van der Waals surface area contributed by atoms with Gasteiger partial charge in [0.15, 0.2) is 6.61 Å². The molecule has 1 saturated heterocycles. The fourth-order valence-corrected chi connectivity index (χ4v) is 8.36. The van der Waals surface area contributed by atoms with Gasteiger partial charge < -0.3 is 14.6 Å². The minimum Gasteiger partial charge on any atom is -0.482 e. The first kappa shape index (κ1) is 33.0. The molecule has 0 aromatic heterocycles. The summed E-state index contributed by atoms with van der Waals surface area (Å²) in [4.78, 5) is 11.7. The van der Waals surface area contributed by atoms with Gasteiger partial charge in [-0.2, -0.15) is 4.31 Å². The van der Waals surface area contributed by atoms with Crippen molar-refractivity contribution in [3.05, 3.63) is 142 Å². The lowest BCUT2D eigenvalue weighted by Gasteiger charge is -2.43. The fourth-order valence-electron chi connectivity index (χ4n) is 6.78.